The molecule has 1 atom stereocenters. The summed E-state index contributed by atoms with van der Waals surface area (Å²) in [5, 5.41) is 7.27. The first-order chi connectivity index (χ1) is 13.2. The molecule has 4 heteroatoms. The van der Waals surface area contributed by atoms with Gasteiger partial charge in [0.25, 0.3) is 0 Å². The summed E-state index contributed by atoms with van der Waals surface area (Å²) in [6.07, 6.45) is 7.18. The van der Waals surface area contributed by atoms with Crippen LogP contribution in [0.3, 0.4) is 0 Å². The number of amides is 1. The highest BCUT2D eigenvalue weighted by Crippen LogP contribution is 2.13. The molecule has 0 aliphatic carbocycles. The van der Waals surface area contributed by atoms with Crippen molar-refractivity contribution >= 4 is 5.91 Å². The molecule has 0 spiro atoms. The number of nitrogens with zero attached hydrogens (tertiary/aromatic N) is 2. The second-order valence-corrected chi connectivity index (χ2v) is 7.05. The number of aryl methyl sites for hydroxylation is 1. The molecule has 0 fully saturated rings. The first kappa shape index (κ1) is 18.9. The molecule has 1 heterocycles. The first-order valence-corrected chi connectivity index (χ1v) is 9.60. The van der Waals surface area contributed by atoms with Crippen LogP contribution < -0.4 is 5.32 Å². The van der Waals surface area contributed by atoms with E-state index in [1.165, 1.54) is 11.1 Å². The molecular weight excluding hydrogens is 334 g/mol. The van der Waals surface area contributed by atoms with E-state index in [2.05, 4.69) is 65.9 Å². The Hall–Kier alpha value is -2.88. The predicted octanol–water partition coefficient (Wildman–Crippen LogP) is 4.19. The van der Waals surface area contributed by atoms with Gasteiger partial charge in [0.1, 0.15) is 0 Å². The lowest BCUT2D eigenvalue weighted by molar-refractivity contribution is -0.121. The molecule has 1 unspecified atom stereocenters. The number of carbonyl (C=O) groups excluding carboxylic acids is 1. The molecule has 3 rings (SSSR count). The fourth-order valence-electron chi connectivity index (χ4n) is 3.13. The van der Waals surface area contributed by atoms with Crippen molar-refractivity contribution in [3.63, 3.8) is 0 Å². The molecule has 0 bridgehead atoms. The Morgan fingerprint density at radius 2 is 1.74 bits per heavy atom. The zero-order valence-corrected chi connectivity index (χ0v) is 15.8. The summed E-state index contributed by atoms with van der Waals surface area (Å²) in [5.41, 5.74) is 3.59. The van der Waals surface area contributed by atoms with Gasteiger partial charge in [0, 0.05) is 25.4 Å². The number of benzene rings is 2. The smallest absolute Gasteiger partial charge is 0.220 e. The third-order valence-electron chi connectivity index (χ3n) is 4.74. The van der Waals surface area contributed by atoms with E-state index in [0.717, 1.165) is 24.9 Å². The second-order valence-electron chi connectivity index (χ2n) is 7.05. The number of nitrogens with one attached hydrogen (secondary N) is 1. The van der Waals surface area contributed by atoms with E-state index >= 15 is 0 Å². The third-order valence-corrected chi connectivity index (χ3v) is 4.74. The highest BCUT2D eigenvalue weighted by atomic mass is 16.1. The number of aromatic nitrogens is 2. The van der Waals surface area contributed by atoms with Crippen molar-refractivity contribution in [3.8, 4) is 5.69 Å². The SMILES string of the molecule is CC(CCc1ccccc1)CC(=O)NCCc1ccc(-n2cccn2)cc1. The molecule has 0 aliphatic heterocycles. The summed E-state index contributed by atoms with van der Waals surface area (Å²) >= 11 is 0. The molecule has 0 radical (unpaired) electrons. The quantitative estimate of drug-likeness (QED) is 0.621. The maximum atomic E-state index is 12.1. The first-order valence-electron chi connectivity index (χ1n) is 9.60. The Labute approximate surface area is 161 Å². The van der Waals surface area contributed by atoms with E-state index in [-0.39, 0.29) is 5.91 Å². The summed E-state index contributed by atoms with van der Waals surface area (Å²) in [6, 6.07) is 20.6. The Kier molecular flexibility index (Phi) is 6.80. The summed E-state index contributed by atoms with van der Waals surface area (Å²) in [7, 11) is 0. The number of hydrogen-bond donors (Lipinski definition) is 1. The average Bonchev–Trinajstić information content (AvgIpc) is 3.22. The van der Waals surface area contributed by atoms with Crippen LogP contribution in [0.1, 0.15) is 30.9 Å². The summed E-state index contributed by atoms with van der Waals surface area (Å²) < 4.78 is 1.84. The minimum atomic E-state index is 0.142. The van der Waals surface area contributed by atoms with Crippen LogP contribution >= 0.6 is 0 Å². The van der Waals surface area contributed by atoms with Gasteiger partial charge < -0.3 is 5.32 Å². The van der Waals surface area contributed by atoms with Crippen molar-refractivity contribution in [2.45, 2.75) is 32.6 Å². The average molecular weight is 361 g/mol. The normalized spacial score (nSPS) is 11.9. The monoisotopic (exact) mass is 361 g/mol. The summed E-state index contributed by atoms with van der Waals surface area (Å²) in [5.74, 6) is 0.530. The summed E-state index contributed by atoms with van der Waals surface area (Å²) in [4.78, 5) is 12.1. The van der Waals surface area contributed by atoms with Gasteiger partial charge in [-0.15, -0.1) is 0 Å². The molecule has 140 valence electrons. The van der Waals surface area contributed by atoms with Gasteiger partial charge in [0.05, 0.1) is 5.69 Å². The van der Waals surface area contributed by atoms with E-state index in [0.29, 0.717) is 18.9 Å². The Bertz CT molecular complexity index is 811. The van der Waals surface area contributed by atoms with E-state index < -0.39 is 0 Å². The van der Waals surface area contributed by atoms with Crippen LogP contribution in [0.25, 0.3) is 5.69 Å². The lowest BCUT2D eigenvalue weighted by Crippen LogP contribution is -2.27. The van der Waals surface area contributed by atoms with Gasteiger partial charge in [-0.1, -0.05) is 49.4 Å². The molecule has 1 N–H and O–H groups in total. The van der Waals surface area contributed by atoms with Crippen LogP contribution in [0.15, 0.2) is 73.1 Å². The third kappa shape index (κ3) is 6.10. The van der Waals surface area contributed by atoms with Crippen molar-refractivity contribution in [2.24, 2.45) is 5.92 Å². The van der Waals surface area contributed by atoms with Crippen molar-refractivity contribution in [3.05, 3.63) is 84.2 Å². The van der Waals surface area contributed by atoms with Crippen LogP contribution in [0, 0.1) is 5.92 Å². The molecule has 4 nitrogen and oxygen atoms in total. The molecule has 1 amide bonds. The van der Waals surface area contributed by atoms with Gasteiger partial charge in [0.2, 0.25) is 5.91 Å². The fourth-order valence-corrected chi connectivity index (χ4v) is 3.13. The number of carbonyl (C=O) groups is 1. The van der Waals surface area contributed by atoms with Gasteiger partial charge in [-0.2, -0.15) is 5.10 Å². The van der Waals surface area contributed by atoms with Crippen molar-refractivity contribution in [2.75, 3.05) is 6.54 Å². The number of hydrogen-bond acceptors (Lipinski definition) is 2. The lowest BCUT2D eigenvalue weighted by atomic mass is 9.98. The molecule has 3 aromatic rings. The van der Waals surface area contributed by atoms with E-state index in [1.54, 1.807) is 6.20 Å². The van der Waals surface area contributed by atoms with Crippen molar-refractivity contribution < 1.29 is 4.79 Å². The van der Waals surface area contributed by atoms with Gasteiger partial charge in [-0.05, 0) is 54.5 Å². The molecule has 2 aromatic carbocycles. The van der Waals surface area contributed by atoms with E-state index in [1.807, 2.05) is 23.0 Å². The van der Waals surface area contributed by atoms with E-state index in [9.17, 15) is 4.79 Å². The Morgan fingerprint density at radius 3 is 2.44 bits per heavy atom. The largest absolute Gasteiger partial charge is 0.356 e. The van der Waals surface area contributed by atoms with Gasteiger partial charge in [-0.3, -0.25) is 4.79 Å². The topological polar surface area (TPSA) is 46.9 Å². The minimum absolute atomic E-state index is 0.142. The van der Waals surface area contributed by atoms with Gasteiger partial charge in [0.15, 0.2) is 0 Å². The highest BCUT2D eigenvalue weighted by molar-refractivity contribution is 5.76. The second kappa shape index (κ2) is 9.72. The van der Waals surface area contributed by atoms with Crippen LogP contribution in [0.4, 0.5) is 0 Å². The van der Waals surface area contributed by atoms with E-state index in [4.69, 9.17) is 0 Å². The lowest BCUT2D eigenvalue weighted by Gasteiger charge is -2.12. The number of rotatable bonds is 9. The van der Waals surface area contributed by atoms with Gasteiger partial charge >= 0.3 is 0 Å². The van der Waals surface area contributed by atoms with Crippen LogP contribution in [0.5, 0.6) is 0 Å². The molecule has 0 aliphatic rings. The molecule has 27 heavy (non-hydrogen) atoms. The van der Waals surface area contributed by atoms with Crippen LogP contribution in [-0.2, 0) is 17.6 Å². The maximum absolute atomic E-state index is 12.1. The minimum Gasteiger partial charge on any atom is -0.356 e. The zero-order chi connectivity index (χ0) is 18.9. The maximum Gasteiger partial charge on any atom is 0.220 e. The van der Waals surface area contributed by atoms with Crippen LogP contribution in [0.2, 0.25) is 0 Å². The standard InChI is InChI=1S/C23H27N3O/c1-19(8-9-20-6-3-2-4-7-20)18-23(27)24-16-14-21-10-12-22(13-11-21)26-17-5-15-25-26/h2-7,10-13,15,17,19H,8-9,14,16,18H2,1H3,(H,24,27). The summed E-state index contributed by atoms with van der Waals surface area (Å²) in [6.45, 7) is 2.82. The van der Waals surface area contributed by atoms with Crippen LogP contribution in [-0.4, -0.2) is 22.2 Å². The molecule has 0 saturated carbocycles. The predicted molar refractivity (Wildman–Crippen MR) is 109 cm³/mol. The highest BCUT2D eigenvalue weighted by Gasteiger charge is 2.09. The van der Waals surface area contributed by atoms with Crippen molar-refractivity contribution in [1.29, 1.82) is 0 Å². The fraction of sp³-hybridized carbons (Fsp3) is 0.304. The zero-order valence-electron chi connectivity index (χ0n) is 15.8. The Balaban J connectivity index is 1.35. The Morgan fingerprint density at radius 1 is 1.00 bits per heavy atom. The van der Waals surface area contributed by atoms with Crippen molar-refractivity contribution in [1.82, 2.24) is 15.1 Å². The molecular formula is C23H27N3O. The molecule has 0 saturated heterocycles. The van der Waals surface area contributed by atoms with Gasteiger partial charge in [-0.25, -0.2) is 4.68 Å². The molecule has 1 aromatic heterocycles.